The standard InChI is InChI=1S/C45H43N3O4/c1-7-51-43(50)48-35-20-14-13-19-33(35)41-39-31-17-11-12-18-32(31)42(49)40-36(47-29-15-9-8-10-16-29)25-37(34(26-46-41)38(39)40)52-30-23-21-28(22-24-30)45(5,6)27-44(2,3)4/h8-26,47H,7,27H2,1-6H3,(H,48,50). The molecule has 7 heteroatoms. The van der Waals surface area contributed by atoms with Crippen LogP contribution in [0.25, 0.3) is 33.2 Å². The van der Waals surface area contributed by atoms with Crippen molar-refractivity contribution in [2.75, 3.05) is 17.2 Å². The number of amides is 1. The average molecular weight is 690 g/mol. The van der Waals surface area contributed by atoms with Gasteiger partial charge in [0.1, 0.15) is 11.5 Å². The number of hydrogen-bond acceptors (Lipinski definition) is 6. The number of aromatic nitrogens is 1. The fraction of sp³-hybridized carbons (Fsp3) is 0.222. The van der Waals surface area contributed by atoms with Crippen molar-refractivity contribution in [3.63, 3.8) is 0 Å². The van der Waals surface area contributed by atoms with Crippen molar-refractivity contribution in [3.8, 4) is 33.9 Å². The fourth-order valence-electron chi connectivity index (χ4n) is 7.57. The van der Waals surface area contributed by atoms with Crippen molar-refractivity contribution in [1.82, 2.24) is 4.98 Å². The van der Waals surface area contributed by atoms with Gasteiger partial charge in [-0.15, -0.1) is 0 Å². The van der Waals surface area contributed by atoms with E-state index in [9.17, 15) is 9.59 Å². The van der Waals surface area contributed by atoms with Gasteiger partial charge >= 0.3 is 6.09 Å². The number of ether oxygens (including phenoxy) is 2. The molecule has 0 radical (unpaired) electrons. The number of benzene rings is 5. The molecule has 52 heavy (non-hydrogen) atoms. The maximum atomic E-state index is 14.6. The molecule has 7 rings (SSSR count). The van der Waals surface area contributed by atoms with Crippen LogP contribution in [0, 0.1) is 5.41 Å². The van der Waals surface area contributed by atoms with Gasteiger partial charge in [0.25, 0.3) is 0 Å². The van der Waals surface area contributed by atoms with Crippen LogP contribution in [0.1, 0.15) is 69.4 Å². The summed E-state index contributed by atoms with van der Waals surface area (Å²) in [5.41, 5.74) is 7.35. The molecular weight excluding hydrogens is 647 g/mol. The Morgan fingerprint density at radius 1 is 0.750 bits per heavy atom. The summed E-state index contributed by atoms with van der Waals surface area (Å²) in [4.78, 5) is 32.2. The maximum Gasteiger partial charge on any atom is 0.411 e. The number of hydrogen-bond donors (Lipinski definition) is 2. The molecular formula is C45H43N3O4. The summed E-state index contributed by atoms with van der Waals surface area (Å²) in [5, 5.41) is 7.83. The van der Waals surface area contributed by atoms with E-state index < -0.39 is 6.09 Å². The topological polar surface area (TPSA) is 89.6 Å². The van der Waals surface area contributed by atoms with E-state index in [2.05, 4.69) is 57.4 Å². The summed E-state index contributed by atoms with van der Waals surface area (Å²) >= 11 is 0. The number of nitrogens with zero attached hydrogens (tertiary/aromatic N) is 1. The molecule has 0 unspecified atom stereocenters. The molecule has 262 valence electrons. The largest absolute Gasteiger partial charge is 0.457 e. The molecule has 0 atom stereocenters. The van der Waals surface area contributed by atoms with Gasteiger partial charge in [-0.2, -0.15) is 0 Å². The highest BCUT2D eigenvalue weighted by molar-refractivity contribution is 6.30. The van der Waals surface area contributed by atoms with Gasteiger partial charge < -0.3 is 14.8 Å². The summed E-state index contributed by atoms with van der Waals surface area (Å²) in [6.07, 6.45) is 2.24. The number of fused-ring (bicyclic) bond motifs is 2. The Bertz CT molecular complexity index is 2310. The molecule has 0 saturated heterocycles. The number of carbonyl (C=O) groups is 2. The smallest absolute Gasteiger partial charge is 0.411 e. The number of carbonyl (C=O) groups excluding carboxylic acids is 2. The summed E-state index contributed by atoms with van der Waals surface area (Å²) in [5.74, 6) is 1.14. The second-order valence-electron chi connectivity index (χ2n) is 15.1. The van der Waals surface area contributed by atoms with Gasteiger partial charge in [-0.3, -0.25) is 15.1 Å². The molecule has 1 amide bonds. The van der Waals surface area contributed by atoms with Crippen molar-refractivity contribution < 1.29 is 19.1 Å². The Morgan fingerprint density at radius 2 is 1.40 bits per heavy atom. The van der Waals surface area contributed by atoms with E-state index in [0.717, 1.165) is 28.6 Å². The lowest BCUT2D eigenvalue weighted by Crippen LogP contribution is -2.24. The van der Waals surface area contributed by atoms with Crippen molar-refractivity contribution in [1.29, 1.82) is 0 Å². The van der Waals surface area contributed by atoms with Crippen LogP contribution in [-0.2, 0) is 10.2 Å². The molecule has 0 aliphatic heterocycles. The minimum atomic E-state index is -0.557. The van der Waals surface area contributed by atoms with Gasteiger partial charge in [0.2, 0.25) is 0 Å². The zero-order valence-corrected chi connectivity index (χ0v) is 30.5. The van der Waals surface area contributed by atoms with Crippen LogP contribution < -0.4 is 15.4 Å². The first-order valence-electron chi connectivity index (χ1n) is 17.7. The quantitative estimate of drug-likeness (QED) is 0.157. The van der Waals surface area contributed by atoms with Crippen molar-refractivity contribution in [3.05, 3.63) is 132 Å². The highest BCUT2D eigenvalue weighted by Gasteiger charge is 2.33. The van der Waals surface area contributed by atoms with Gasteiger partial charge in [0.15, 0.2) is 5.78 Å². The van der Waals surface area contributed by atoms with Gasteiger partial charge in [-0.05, 0) is 65.6 Å². The van der Waals surface area contributed by atoms with Crippen molar-refractivity contribution in [2.45, 2.75) is 53.4 Å². The third kappa shape index (κ3) is 6.74. The Morgan fingerprint density at radius 3 is 2.10 bits per heavy atom. The lowest BCUT2D eigenvalue weighted by atomic mass is 9.72. The third-order valence-electron chi connectivity index (χ3n) is 9.39. The predicted octanol–water partition coefficient (Wildman–Crippen LogP) is 11.9. The monoisotopic (exact) mass is 689 g/mol. The van der Waals surface area contributed by atoms with Crippen molar-refractivity contribution in [2.24, 2.45) is 5.41 Å². The molecule has 7 nitrogen and oxygen atoms in total. The van der Waals surface area contributed by atoms with E-state index in [0.29, 0.717) is 50.6 Å². The molecule has 0 spiro atoms. The molecule has 1 aliphatic carbocycles. The molecule has 0 fully saturated rings. The minimum absolute atomic E-state index is 0.0176. The number of nitrogens with one attached hydrogen (secondary N) is 2. The predicted molar refractivity (Wildman–Crippen MR) is 210 cm³/mol. The third-order valence-corrected chi connectivity index (χ3v) is 9.39. The number of ketones is 1. The molecule has 1 aromatic heterocycles. The van der Waals surface area contributed by atoms with Crippen LogP contribution in [0.2, 0.25) is 0 Å². The van der Waals surface area contributed by atoms with Crippen LogP contribution in [0.3, 0.4) is 0 Å². The van der Waals surface area contributed by atoms with E-state index in [1.165, 1.54) is 5.56 Å². The zero-order chi connectivity index (χ0) is 36.6. The van der Waals surface area contributed by atoms with Crippen LogP contribution in [0.15, 0.2) is 115 Å². The Hall–Kier alpha value is -5.95. The first-order chi connectivity index (χ1) is 24.9. The summed E-state index contributed by atoms with van der Waals surface area (Å²) in [6.45, 7) is 13.4. The van der Waals surface area contributed by atoms with E-state index >= 15 is 0 Å². The molecule has 5 aromatic carbocycles. The van der Waals surface area contributed by atoms with Gasteiger partial charge in [0.05, 0.1) is 29.2 Å². The molecule has 0 saturated carbocycles. The maximum absolute atomic E-state index is 14.6. The number of para-hydroxylation sites is 2. The second kappa shape index (κ2) is 13.6. The Balaban J connectivity index is 1.45. The number of anilines is 3. The van der Waals surface area contributed by atoms with Crippen LogP contribution in [0.5, 0.6) is 11.5 Å². The van der Waals surface area contributed by atoms with E-state index in [1.807, 2.05) is 97.1 Å². The lowest BCUT2D eigenvalue weighted by Gasteiger charge is -2.33. The first-order valence-corrected chi connectivity index (χ1v) is 17.7. The fourth-order valence-corrected chi connectivity index (χ4v) is 7.57. The summed E-state index contributed by atoms with van der Waals surface area (Å²) in [6, 6.07) is 35.1. The highest BCUT2D eigenvalue weighted by atomic mass is 16.5. The normalized spacial score (nSPS) is 12.3. The molecule has 1 aliphatic rings. The highest BCUT2D eigenvalue weighted by Crippen LogP contribution is 2.50. The first kappa shape index (κ1) is 34.5. The van der Waals surface area contributed by atoms with E-state index in [1.54, 1.807) is 13.1 Å². The SMILES string of the molecule is CCOC(=O)Nc1ccccc1-c1ncc2c(Oc3ccc(C(C)(C)CC(C)(C)C)cc3)cc(Nc3ccccc3)c3c2c1-c1ccccc1C3=O. The molecule has 6 aromatic rings. The molecule has 2 N–H and O–H groups in total. The molecule has 1 heterocycles. The van der Waals surface area contributed by atoms with Gasteiger partial charge in [-0.25, -0.2) is 4.79 Å². The molecule has 0 bridgehead atoms. The Kier molecular flexibility index (Phi) is 9.05. The van der Waals surface area contributed by atoms with Gasteiger partial charge in [-0.1, -0.05) is 107 Å². The zero-order valence-electron chi connectivity index (χ0n) is 30.5. The number of rotatable bonds is 9. The van der Waals surface area contributed by atoms with E-state index in [-0.39, 0.29) is 23.2 Å². The van der Waals surface area contributed by atoms with Crippen molar-refractivity contribution >= 4 is 39.7 Å². The second-order valence-corrected chi connectivity index (χ2v) is 15.1. The van der Waals surface area contributed by atoms with Gasteiger partial charge in [0, 0.05) is 45.4 Å². The summed E-state index contributed by atoms with van der Waals surface area (Å²) in [7, 11) is 0. The van der Waals surface area contributed by atoms with Crippen LogP contribution in [-0.4, -0.2) is 23.5 Å². The average Bonchev–Trinajstić information content (AvgIpc) is 3.11. The minimum Gasteiger partial charge on any atom is -0.457 e. The number of pyridine rings is 1. The summed E-state index contributed by atoms with van der Waals surface area (Å²) < 4.78 is 11.9. The Labute approximate surface area is 305 Å². The van der Waals surface area contributed by atoms with E-state index in [4.69, 9.17) is 14.5 Å². The lowest BCUT2D eigenvalue weighted by molar-refractivity contribution is 0.104. The van der Waals surface area contributed by atoms with Crippen LogP contribution in [0.4, 0.5) is 21.9 Å². The van der Waals surface area contributed by atoms with Crippen LogP contribution >= 0.6 is 0 Å².